The monoisotopic (exact) mass is 313 g/mol. The topological polar surface area (TPSA) is 47.6 Å². The predicted molar refractivity (Wildman–Crippen MR) is 92.4 cm³/mol. The van der Waals surface area contributed by atoms with Crippen molar-refractivity contribution in [1.82, 2.24) is 0 Å². The van der Waals surface area contributed by atoms with E-state index in [1.807, 2.05) is 43.3 Å². The van der Waals surface area contributed by atoms with E-state index in [0.29, 0.717) is 17.9 Å². The average molecular weight is 313 g/mol. The molecule has 0 bridgehead atoms. The molecule has 2 aromatic carbocycles. The van der Waals surface area contributed by atoms with Crippen LogP contribution < -0.4 is 14.8 Å². The number of anilines is 1. The number of aryl methyl sites for hydroxylation is 1. The molecule has 2 aromatic rings. The summed E-state index contributed by atoms with van der Waals surface area (Å²) in [6.45, 7) is 3.98. The van der Waals surface area contributed by atoms with Gasteiger partial charge in [-0.05, 0) is 30.0 Å². The van der Waals surface area contributed by atoms with Crippen LogP contribution in [0.3, 0.4) is 0 Å². The maximum absolute atomic E-state index is 12.3. The van der Waals surface area contributed by atoms with Crippen molar-refractivity contribution in [2.45, 2.75) is 26.2 Å². The summed E-state index contributed by atoms with van der Waals surface area (Å²) in [5.74, 6) is 1.40. The fourth-order valence-corrected chi connectivity index (χ4v) is 2.49. The van der Waals surface area contributed by atoms with Crippen LogP contribution in [-0.4, -0.2) is 20.1 Å². The minimum atomic E-state index is -0.0170. The molecule has 1 N–H and O–H groups in total. The van der Waals surface area contributed by atoms with Crippen molar-refractivity contribution in [2.75, 3.05) is 19.5 Å². The van der Waals surface area contributed by atoms with E-state index in [2.05, 4.69) is 12.2 Å². The SMILES string of the molecule is COc1cc(C)c(NC(=O)CC(C)c2ccccc2)cc1OC. The van der Waals surface area contributed by atoms with Crippen molar-refractivity contribution in [2.24, 2.45) is 0 Å². The largest absolute Gasteiger partial charge is 0.493 e. The summed E-state index contributed by atoms with van der Waals surface area (Å²) in [6.07, 6.45) is 0.428. The number of benzene rings is 2. The average Bonchev–Trinajstić information content (AvgIpc) is 2.56. The molecule has 0 spiro atoms. The Labute approximate surface area is 137 Å². The molecular weight excluding hydrogens is 290 g/mol. The molecule has 4 nitrogen and oxygen atoms in total. The molecule has 0 aliphatic rings. The van der Waals surface area contributed by atoms with Crippen molar-refractivity contribution in [3.63, 3.8) is 0 Å². The number of carbonyl (C=O) groups excluding carboxylic acids is 1. The van der Waals surface area contributed by atoms with Crippen molar-refractivity contribution in [3.05, 3.63) is 53.6 Å². The van der Waals surface area contributed by atoms with Crippen LogP contribution in [0.2, 0.25) is 0 Å². The molecule has 0 aliphatic carbocycles. The van der Waals surface area contributed by atoms with Gasteiger partial charge in [-0.1, -0.05) is 37.3 Å². The van der Waals surface area contributed by atoms with Gasteiger partial charge in [-0.3, -0.25) is 4.79 Å². The summed E-state index contributed by atoms with van der Waals surface area (Å²) in [5.41, 5.74) is 2.84. The minimum Gasteiger partial charge on any atom is -0.493 e. The third-order valence-electron chi connectivity index (χ3n) is 3.86. The molecule has 0 aliphatic heterocycles. The Morgan fingerprint density at radius 3 is 2.30 bits per heavy atom. The third kappa shape index (κ3) is 4.25. The van der Waals surface area contributed by atoms with Gasteiger partial charge < -0.3 is 14.8 Å². The van der Waals surface area contributed by atoms with E-state index in [9.17, 15) is 4.79 Å². The smallest absolute Gasteiger partial charge is 0.224 e. The Morgan fingerprint density at radius 1 is 1.09 bits per heavy atom. The highest BCUT2D eigenvalue weighted by Crippen LogP contribution is 2.33. The fraction of sp³-hybridized carbons (Fsp3) is 0.316. The van der Waals surface area contributed by atoms with Crippen LogP contribution in [0, 0.1) is 6.92 Å². The van der Waals surface area contributed by atoms with E-state index >= 15 is 0 Å². The van der Waals surface area contributed by atoms with E-state index in [0.717, 1.165) is 16.8 Å². The van der Waals surface area contributed by atoms with Crippen LogP contribution in [0.25, 0.3) is 0 Å². The number of nitrogens with one attached hydrogen (secondary N) is 1. The van der Waals surface area contributed by atoms with Gasteiger partial charge in [0.25, 0.3) is 0 Å². The van der Waals surface area contributed by atoms with Crippen molar-refractivity contribution >= 4 is 11.6 Å². The lowest BCUT2D eigenvalue weighted by Crippen LogP contribution is -2.15. The van der Waals surface area contributed by atoms with E-state index in [1.54, 1.807) is 20.3 Å². The zero-order chi connectivity index (χ0) is 16.8. The highest BCUT2D eigenvalue weighted by molar-refractivity contribution is 5.92. The van der Waals surface area contributed by atoms with Gasteiger partial charge in [0.15, 0.2) is 11.5 Å². The molecule has 23 heavy (non-hydrogen) atoms. The maximum atomic E-state index is 12.3. The Bertz CT molecular complexity index is 668. The molecule has 0 aromatic heterocycles. The van der Waals surface area contributed by atoms with Crippen LogP contribution >= 0.6 is 0 Å². The second kappa shape index (κ2) is 7.68. The highest BCUT2D eigenvalue weighted by atomic mass is 16.5. The molecule has 1 atom stereocenters. The minimum absolute atomic E-state index is 0.0170. The lowest BCUT2D eigenvalue weighted by Gasteiger charge is -2.15. The Balaban J connectivity index is 2.08. The first kappa shape index (κ1) is 16.9. The van der Waals surface area contributed by atoms with Crippen molar-refractivity contribution < 1.29 is 14.3 Å². The molecule has 0 heterocycles. The molecule has 2 rings (SSSR count). The van der Waals surface area contributed by atoms with Gasteiger partial charge in [0.2, 0.25) is 5.91 Å². The maximum Gasteiger partial charge on any atom is 0.224 e. The van der Waals surface area contributed by atoms with Gasteiger partial charge in [0, 0.05) is 18.2 Å². The standard InChI is InChI=1S/C19H23NO3/c1-13(15-8-6-5-7-9-15)11-19(21)20-16-12-18(23-4)17(22-3)10-14(16)2/h5-10,12-13H,11H2,1-4H3,(H,20,21). The normalized spacial score (nSPS) is 11.7. The third-order valence-corrected chi connectivity index (χ3v) is 3.86. The molecule has 0 radical (unpaired) electrons. The number of rotatable bonds is 6. The summed E-state index contributed by atoms with van der Waals surface area (Å²) in [5, 5.41) is 2.96. The van der Waals surface area contributed by atoms with E-state index < -0.39 is 0 Å². The van der Waals surface area contributed by atoms with Crippen LogP contribution in [0.5, 0.6) is 11.5 Å². The molecule has 0 fully saturated rings. The van der Waals surface area contributed by atoms with Gasteiger partial charge in [-0.15, -0.1) is 0 Å². The Morgan fingerprint density at radius 2 is 1.70 bits per heavy atom. The summed E-state index contributed by atoms with van der Waals surface area (Å²) in [4.78, 5) is 12.3. The molecule has 0 saturated heterocycles. The molecule has 4 heteroatoms. The second-order valence-electron chi connectivity index (χ2n) is 5.59. The molecule has 122 valence electrons. The van der Waals surface area contributed by atoms with E-state index in [-0.39, 0.29) is 11.8 Å². The zero-order valence-electron chi connectivity index (χ0n) is 14.1. The van der Waals surface area contributed by atoms with Gasteiger partial charge in [0.1, 0.15) is 0 Å². The first-order chi connectivity index (χ1) is 11.0. The zero-order valence-corrected chi connectivity index (χ0v) is 14.1. The summed E-state index contributed by atoms with van der Waals surface area (Å²) in [7, 11) is 3.17. The molecule has 0 saturated carbocycles. The van der Waals surface area contributed by atoms with Crippen LogP contribution in [0.4, 0.5) is 5.69 Å². The quantitative estimate of drug-likeness (QED) is 0.871. The lowest BCUT2D eigenvalue weighted by atomic mass is 9.97. The fourth-order valence-electron chi connectivity index (χ4n) is 2.49. The van der Waals surface area contributed by atoms with Crippen molar-refractivity contribution in [3.8, 4) is 11.5 Å². The number of hydrogen-bond acceptors (Lipinski definition) is 3. The van der Waals surface area contributed by atoms with Crippen LogP contribution in [-0.2, 0) is 4.79 Å². The second-order valence-corrected chi connectivity index (χ2v) is 5.59. The molecule has 1 amide bonds. The number of amides is 1. The van der Waals surface area contributed by atoms with Gasteiger partial charge in [0.05, 0.1) is 14.2 Å². The van der Waals surface area contributed by atoms with Gasteiger partial charge in [-0.2, -0.15) is 0 Å². The first-order valence-electron chi connectivity index (χ1n) is 7.62. The molecule has 1 unspecified atom stereocenters. The number of carbonyl (C=O) groups is 1. The van der Waals surface area contributed by atoms with Gasteiger partial charge >= 0.3 is 0 Å². The first-order valence-corrected chi connectivity index (χ1v) is 7.62. The summed E-state index contributed by atoms with van der Waals surface area (Å²) in [6, 6.07) is 13.7. The predicted octanol–water partition coefficient (Wildman–Crippen LogP) is 4.14. The molecular formula is C19H23NO3. The summed E-state index contributed by atoms with van der Waals surface area (Å²) < 4.78 is 10.5. The Hall–Kier alpha value is -2.49. The van der Waals surface area contributed by atoms with E-state index in [4.69, 9.17) is 9.47 Å². The van der Waals surface area contributed by atoms with Crippen LogP contribution in [0.15, 0.2) is 42.5 Å². The number of hydrogen-bond donors (Lipinski definition) is 1. The van der Waals surface area contributed by atoms with Crippen LogP contribution in [0.1, 0.15) is 30.4 Å². The Kier molecular flexibility index (Phi) is 5.63. The number of ether oxygens (including phenoxy) is 2. The number of methoxy groups -OCH3 is 2. The van der Waals surface area contributed by atoms with E-state index in [1.165, 1.54) is 0 Å². The lowest BCUT2D eigenvalue weighted by molar-refractivity contribution is -0.116. The summed E-state index contributed by atoms with van der Waals surface area (Å²) >= 11 is 0. The highest BCUT2D eigenvalue weighted by Gasteiger charge is 2.14. The van der Waals surface area contributed by atoms with Crippen molar-refractivity contribution in [1.29, 1.82) is 0 Å². The van der Waals surface area contributed by atoms with Gasteiger partial charge in [-0.25, -0.2) is 0 Å².